The summed E-state index contributed by atoms with van der Waals surface area (Å²) in [6, 6.07) is 2.43. The van der Waals surface area contributed by atoms with Crippen LogP contribution in [0.25, 0.3) is 0 Å². The second-order valence-corrected chi connectivity index (χ2v) is 5.36. The van der Waals surface area contributed by atoms with E-state index in [-0.39, 0.29) is 11.3 Å². The highest BCUT2D eigenvalue weighted by Crippen LogP contribution is 2.35. The molecule has 1 heterocycles. The molecule has 0 radical (unpaired) electrons. The molecule has 1 saturated heterocycles. The minimum atomic E-state index is -4.80. The normalized spacial score (nSPS) is 23.6. The molecule has 20 heavy (non-hydrogen) atoms. The Balaban J connectivity index is 2.36. The molecule has 1 aliphatic heterocycles. The molecule has 1 aromatic rings. The van der Waals surface area contributed by atoms with Gasteiger partial charge in [0.2, 0.25) is 0 Å². The van der Waals surface area contributed by atoms with Crippen molar-refractivity contribution in [2.24, 2.45) is 5.41 Å². The standard InChI is InChI=1S/C14H15F4NO/c1-13(5-2-6-19-8-13)12(20)9-3-4-11(15)10(7-9)14(16,17)18/h3-4,7,19H,2,5-6,8H2,1H3. The van der Waals surface area contributed by atoms with Gasteiger partial charge in [-0.2, -0.15) is 13.2 Å². The molecule has 2 rings (SSSR count). The third-order valence-electron chi connectivity index (χ3n) is 3.68. The molecule has 1 fully saturated rings. The molecule has 0 bridgehead atoms. The number of alkyl halides is 3. The van der Waals surface area contributed by atoms with Crippen molar-refractivity contribution < 1.29 is 22.4 Å². The monoisotopic (exact) mass is 289 g/mol. The van der Waals surface area contributed by atoms with Crippen LogP contribution >= 0.6 is 0 Å². The molecule has 0 aliphatic carbocycles. The van der Waals surface area contributed by atoms with E-state index in [0.29, 0.717) is 25.1 Å². The molecule has 1 aliphatic rings. The van der Waals surface area contributed by atoms with Crippen LogP contribution in [-0.2, 0) is 6.18 Å². The minimum Gasteiger partial charge on any atom is -0.316 e. The molecule has 2 nitrogen and oxygen atoms in total. The van der Waals surface area contributed by atoms with E-state index in [1.54, 1.807) is 6.92 Å². The Bertz CT molecular complexity index is 518. The Hall–Kier alpha value is -1.43. The predicted octanol–water partition coefficient (Wildman–Crippen LogP) is 3.42. The first-order valence-corrected chi connectivity index (χ1v) is 6.36. The third kappa shape index (κ3) is 2.85. The van der Waals surface area contributed by atoms with E-state index in [4.69, 9.17) is 0 Å². The third-order valence-corrected chi connectivity index (χ3v) is 3.68. The molecular formula is C14H15F4NO. The molecule has 1 N–H and O–H groups in total. The van der Waals surface area contributed by atoms with Crippen LogP contribution in [0.5, 0.6) is 0 Å². The quantitative estimate of drug-likeness (QED) is 0.667. The number of hydrogen-bond donors (Lipinski definition) is 1. The summed E-state index contributed by atoms with van der Waals surface area (Å²) in [5, 5.41) is 3.07. The molecule has 1 unspecified atom stereocenters. The summed E-state index contributed by atoms with van der Waals surface area (Å²) in [5.41, 5.74) is -2.22. The van der Waals surface area contributed by atoms with E-state index < -0.39 is 23.0 Å². The van der Waals surface area contributed by atoms with E-state index in [1.807, 2.05) is 0 Å². The molecular weight excluding hydrogens is 274 g/mol. The largest absolute Gasteiger partial charge is 0.419 e. The van der Waals surface area contributed by atoms with Crippen LogP contribution < -0.4 is 5.32 Å². The fourth-order valence-corrected chi connectivity index (χ4v) is 2.48. The maximum absolute atomic E-state index is 13.2. The van der Waals surface area contributed by atoms with Gasteiger partial charge in [-0.05, 0) is 37.6 Å². The van der Waals surface area contributed by atoms with Crippen LogP contribution in [-0.4, -0.2) is 18.9 Å². The van der Waals surface area contributed by atoms with Crippen LogP contribution in [0.15, 0.2) is 18.2 Å². The summed E-state index contributed by atoms with van der Waals surface area (Å²) in [4.78, 5) is 12.4. The average molecular weight is 289 g/mol. The predicted molar refractivity (Wildman–Crippen MR) is 65.9 cm³/mol. The van der Waals surface area contributed by atoms with Crippen LogP contribution in [0.4, 0.5) is 17.6 Å². The van der Waals surface area contributed by atoms with Gasteiger partial charge in [-0.3, -0.25) is 4.79 Å². The number of hydrogen-bond acceptors (Lipinski definition) is 2. The van der Waals surface area contributed by atoms with Crippen LogP contribution in [0.1, 0.15) is 35.7 Å². The van der Waals surface area contributed by atoms with Crippen LogP contribution in [0, 0.1) is 11.2 Å². The Labute approximate surface area is 114 Å². The van der Waals surface area contributed by atoms with E-state index >= 15 is 0 Å². The maximum Gasteiger partial charge on any atom is 0.419 e. The van der Waals surface area contributed by atoms with Gasteiger partial charge in [0, 0.05) is 17.5 Å². The maximum atomic E-state index is 13.2. The number of benzene rings is 1. The molecule has 0 saturated carbocycles. The second-order valence-electron chi connectivity index (χ2n) is 5.36. The zero-order valence-electron chi connectivity index (χ0n) is 11.0. The number of rotatable bonds is 2. The Morgan fingerprint density at radius 2 is 2.05 bits per heavy atom. The number of carbonyl (C=O) groups is 1. The van der Waals surface area contributed by atoms with Gasteiger partial charge in [0.15, 0.2) is 5.78 Å². The van der Waals surface area contributed by atoms with Gasteiger partial charge in [-0.25, -0.2) is 4.39 Å². The van der Waals surface area contributed by atoms with Crippen LogP contribution in [0.3, 0.4) is 0 Å². The smallest absolute Gasteiger partial charge is 0.316 e. The highest BCUT2D eigenvalue weighted by Gasteiger charge is 2.38. The molecule has 1 atom stereocenters. The topological polar surface area (TPSA) is 29.1 Å². The molecule has 0 amide bonds. The SMILES string of the molecule is CC1(C(=O)c2ccc(F)c(C(F)(F)F)c2)CCCNC1. The Kier molecular flexibility index (Phi) is 3.86. The number of ketones is 1. The van der Waals surface area contributed by atoms with Gasteiger partial charge in [0.05, 0.1) is 5.56 Å². The summed E-state index contributed by atoms with van der Waals surface area (Å²) in [5.74, 6) is -1.74. The highest BCUT2D eigenvalue weighted by molar-refractivity contribution is 6.00. The zero-order chi connectivity index (χ0) is 15.0. The number of nitrogens with one attached hydrogen (secondary N) is 1. The van der Waals surface area contributed by atoms with Crippen LogP contribution in [0.2, 0.25) is 0 Å². The first kappa shape index (κ1) is 15.0. The average Bonchev–Trinajstić information content (AvgIpc) is 2.38. The number of carbonyl (C=O) groups excluding carboxylic acids is 1. The van der Waals surface area contributed by atoms with Crippen molar-refractivity contribution in [2.45, 2.75) is 25.9 Å². The fraction of sp³-hybridized carbons (Fsp3) is 0.500. The van der Waals surface area contributed by atoms with Crippen molar-refractivity contribution in [3.63, 3.8) is 0 Å². The number of piperidine rings is 1. The summed E-state index contributed by atoms with van der Waals surface area (Å²) < 4.78 is 51.2. The van der Waals surface area contributed by atoms with Gasteiger partial charge < -0.3 is 5.32 Å². The van der Waals surface area contributed by atoms with Gasteiger partial charge in [0.25, 0.3) is 0 Å². The highest BCUT2D eigenvalue weighted by atomic mass is 19.4. The van der Waals surface area contributed by atoms with Gasteiger partial charge >= 0.3 is 6.18 Å². The van der Waals surface area contributed by atoms with Crippen molar-refractivity contribution in [3.8, 4) is 0 Å². The lowest BCUT2D eigenvalue weighted by Gasteiger charge is -2.32. The van der Waals surface area contributed by atoms with E-state index in [2.05, 4.69) is 5.32 Å². The first-order chi connectivity index (χ1) is 9.24. The van der Waals surface area contributed by atoms with E-state index in [1.165, 1.54) is 0 Å². The lowest BCUT2D eigenvalue weighted by atomic mass is 9.76. The van der Waals surface area contributed by atoms with Gasteiger partial charge in [-0.15, -0.1) is 0 Å². The summed E-state index contributed by atoms with van der Waals surface area (Å²) >= 11 is 0. The number of halogens is 4. The Morgan fingerprint density at radius 1 is 1.35 bits per heavy atom. The van der Waals surface area contributed by atoms with Gasteiger partial charge in [-0.1, -0.05) is 6.92 Å². The van der Waals surface area contributed by atoms with Crippen molar-refractivity contribution in [1.82, 2.24) is 5.32 Å². The van der Waals surface area contributed by atoms with Crippen molar-refractivity contribution in [2.75, 3.05) is 13.1 Å². The Morgan fingerprint density at radius 3 is 2.60 bits per heavy atom. The summed E-state index contributed by atoms with van der Waals surface area (Å²) in [6.45, 7) is 2.93. The van der Waals surface area contributed by atoms with Gasteiger partial charge in [0.1, 0.15) is 5.82 Å². The summed E-state index contributed by atoms with van der Waals surface area (Å²) in [6.07, 6.45) is -3.40. The van der Waals surface area contributed by atoms with E-state index in [0.717, 1.165) is 19.0 Å². The molecule has 0 spiro atoms. The van der Waals surface area contributed by atoms with Crippen molar-refractivity contribution >= 4 is 5.78 Å². The number of Topliss-reactive ketones (excluding diaryl/α,β-unsaturated/α-hetero) is 1. The lowest BCUT2D eigenvalue weighted by molar-refractivity contribution is -0.140. The van der Waals surface area contributed by atoms with E-state index in [9.17, 15) is 22.4 Å². The first-order valence-electron chi connectivity index (χ1n) is 6.36. The summed E-state index contributed by atoms with van der Waals surface area (Å²) in [7, 11) is 0. The second kappa shape index (κ2) is 5.16. The van der Waals surface area contributed by atoms with Crippen molar-refractivity contribution in [1.29, 1.82) is 0 Å². The molecule has 1 aromatic carbocycles. The minimum absolute atomic E-state index is 0.0927. The molecule has 6 heteroatoms. The zero-order valence-corrected chi connectivity index (χ0v) is 11.0. The fourth-order valence-electron chi connectivity index (χ4n) is 2.48. The van der Waals surface area contributed by atoms with Crippen molar-refractivity contribution in [3.05, 3.63) is 35.1 Å². The molecule has 0 aromatic heterocycles. The molecule has 110 valence electrons. The lowest BCUT2D eigenvalue weighted by Crippen LogP contribution is -2.43.